The summed E-state index contributed by atoms with van der Waals surface area (Å²) in [6.45, 7) is 0.563. The van der Waals surface area contributed by atoms with E-state index in [1.54, 1.807) is 4.90 Å². The second-order valence-corrected chi connectivity index (χ2v) is 6.15. The molecule has 0 spiro atoms. The largest absolute Gasteiger partial charge is 0.352 e. The van der Waals surface area contributed by atoms with Gasteiger partial charge in [-0.15, -0.1) is 0 Å². The molecule has 0 fully saturated rings. The van der Waals surface area contributed by atoms with Crippen LogP contribution in [0.1, 0.15) is 15.9 Å². The fourth-order valence-electron chi connectivity index (χ4n) is 3.11. The van der Waals surface area contributed by atoms with Gasteiger partial charge in [-0.1, -0.05) is 18.2 Å². The minimum absolute atomic E-state index is 0.234. The summed E-state index contributed by atoms with van der Waals surface area (Å²) < 4.78 is 40.3. The number of aromatic nitrogens is 1. The third-order valence-corrected chi connectivity index (χ3v) is 4.43. The summed E-state index contributed by atoms with van der Waals surface area (Å²) in [4.78, 5) is 18.5. The number of hydrogen-bond acceptors (Lipinski definition) is 3. The highest BCUT2D eigenvalue weighted by Gasteiger charge is 2.25. The van der Waals surface area contributed by atoms with Crippen LogP contribution in [0, 0.1) is 17.5 Å². The van der Waals surface area contributed by atoms with Crippen molar-refractivity contribution in [3.8, 4) is 0 Å². The molecule has 27 heavy (non-hydrogen) atoms. The molecule has 1 N–H and O–H groups in total. The normalized spacial score (nSPS) is 12.8. The predicted molar refractivity (Wildman–Crippen MR) is 95.7 cm³/mol. The average molecular weight is 369 g/mol. The number of pyridine rings is 1. The quantitative estimate of drug-likeness (QED) is 0.694. The molecule has 0 atom stereocenters. The number of hydrogen-bond donors (Lipinski definition) is 1. The van der Waals surface area contributed by atoms with Crippen molar-refractivity contribution >= 4 is 23.0 Å². The predicted octanol–water partition coefficient (Wildman–Crippen LogP) is 4.45. The zero-order chi connectivity index (χ0) is 19.0. The molecule has 2 heterocycles. The molecule has 1 aliphatic heterocycles. The number of anilines is 3. The topological polar surface area (TPSA) is 45.2 Å². The van der Waals surface area contributed by atoms with Gasteiger partial charge in [-0.25, -0.2) is 13.2 Å². The van der Waals surface area contributed by atoms with E-state index in [0.29, 0.717) is 17.8 Å². The Hall–Kier alpha value is -3.35. The smallest absolute Gasteiger partial charge is 0.259 e. The van der Waals surface area contributed by atoms with E-state index in [0.717, 1.165) is 29.8 Å². The summed E-state index contributed by atoms with van der Waals surface area (Å²) >= 11 is 0. The van der Waals surface area contributed by atoms with Crippen molar-refractivity contribution in [1.29, 1.82) is 0 Å². The third-order valence-electron chi connectivity index (χ3n) is 4.43. The summed E-state index contributed by atoms with van der Waals surface area (Å²) in [5, 5.41) is 2.63. The van der Waals surface area contributed by atoms with Crippen LogP contribution in [-0.2, 0) is 6.42 Å². The summed E-state index contributed by atoms with van der Waals surface area (Å²) in [5.74, 6) is -4.40. The van der Waals surface area contributed by atoms with Gasteiger partial charge < -0.3 is 10.2 Å². The Bertz CT molecular complexity index is 1040. The lowest BCUT2D eigenvalue weighted by Gasteiger charge is -2.17. The highest BCUT2D eigenvalue weighted by atomic mass is 19.2. The Morgan fingerprint density at radius 2 is 1.85 bits per heavy atom. The van der Waals surface area contributed by atoms with Gasteiger partial charge in [0.25, 0.3) is 5.91 Å². The minimum atomic E-state index is -1.56. The van der Waals surface area contributed by atoms with Crippen LogP contribution in [0.4, 0.5) is 30.2 Å². The zero-order valence-electron chi connectivity index (χ0n) is 14.0. The molecule has 2 aromatic carbocycles. The summed E-state index contributed by atoms with van der Waals surface area (Å²) in [5.41, 5.74) is 2.30. The van der Waals surface area contributed by atoms with E-state index in [-0.39, 0.29) is 11.6 Å². The van der Waals surface area contributed by atoms with Crippen molar-refractivity contribution < 1.29 is 18.0 Å². The first-order valence-corrected chi connectivity index (χ1v) is 8.30. The zero-order valence-corrected chi connectivity index (χ0v) is 14.0. The van der Waals surface area contributed by atoms with E-state index in [9.17, 15) is 18.0 Å². The maximum Gasteiger partial charge on any atom is 0.259 e. The molecule has 0 unspecified atom stereocenters. The first kappa shape index (κ1) is 17.1. The second kappa shape index (κ2) is 6.75. The van der Waals surface area contributed by atoms with Crippen LogP contribution in [0.2, 0.25) is 0 Å². The number of amides is 1. The van der Waals surface area contributed by atoms with Crippen LogP contribution in [0.3, 0.4) is 0 Å². The summed E-state index contributed by atoms with van der Waals surface area (Å²) in [7, 11) is 0. The van der Waals surface area contributed by atoms with E-state index < -0.39 is 17.5 Å². The Morgan fingerprint density at radius 1 is 1.04 bits per heavy atom. The summed E-state index contributed by atoms with van der Waals surface area (Å²) in [6.07, 6.45) is 3.55. The average Bonchev–Trinajstić information content (AvgIpc) is 3.12. The van der Waals surface area contributed by atoms with Crippen molar-refractivity contribution in [2.24, 2.45) is 0 Å². The van der Waals surface area contributed by atoms with Gasteiger partial charge in [0.2, 0.25) is 0 Å². The molecular weight excluding hydrogens is 355 g/mol. The van der Waals surface area contributed by atoms with Gasteiger partial charge >= 0.3 is 0 Å². The number of rotatable bonds is 3. The highest BCUT2D eigenvalue weighted by molar-refractivity contribution is 6.07. The molecule has 4 nitrogen and oxygen atoms in total. The first-order chi connectivity index (χ1) is 13.0. The number of nitrogens with one attached hydrogen (secondary N) is 1. The van der Waals surface area contributed by atoms with Crippen LogP contribution >= 0.6 is 0 Å². The molecule has 1 aromatic heterocycles. The molecule has 7 heteroatoms. The van der Waals surface area contributed by atoms with Crippen molar-refractivity contribution in [1.82, 2.24) is 4.98 Å². The molecule has 1 aliphatic rings. The Morgan fingerprint density at radius 3 is 2.70 bits per heavy atom. The van der Waals surface area contributed by atoms with Crippen LogP contribution in [-0.4, -0.2) is 17.4 Å². The van der Waals surface area contributed by atoms with E-state index in [1.807, 2.05) is 24.3 Å². The van der Waals surface area contributed by atoms with Gasteiger partial charge in [-0.05, 0) is 36.2 Å². The molecular formula is C20H14F3N3O. The van der Waals surface area contributed by atoms with Crippen LogP contribution in [0.25, 0.3) is 0 Å². The van der Waals surface area contributed by atoms with Crippen LogP contribution in [0.15, 0.2) is 54.9 Å². The second-order valence-electron chi connectivity index (χ2n) is 6.15. The maximum atomic E-state index is 13.8. The number of carbonyl (C=O) groups excluding carboxylic acids is 1. The first-order valence-electron chi connectivity index (χ1n) is 8.30. The molecule has 4 rings (SSSR count). The number of nitrogens with zero attached hydrogens (tertiary/aromatic N) is 2. The van der Waals surface area contributed by atoms with Gasteiger partial charge in [0.05, 0.1) is 23.1 Å². The van der Waals surface area contributed by atoms with E-state index in [2.05, 4.69) is 10.3 Å². The number of carbonyl (C=O) groups is 1. The monoisotopic (exact) mass is 369 g/mol. The number of benzene rings is 2. The minimum Gasteiger partial charge on any atom is -0.352 e. The Labute approximate surface area is 153 Å². The lowest BCUT2D eigenvalue weighted by Crippen LogP contribution is -2.29. The fourth-order valence-corrected chi connectivity index (χ4v) is 3.11. The molecule has 136 valence electrons. The molecule has 3 aromatic rings. The number of fused-ring (bicyclic) bond motifs is 1. The lowest BCUT2D eigenvalue weighted by atomic mass is 10.2. The van der Waals surface area contributed by atoms with Crippen LogP contribution < -0.4 is 10.2 Å². The van der Waals surface area contributed by atoms with Gasteiger partial charge in [0, 0.05) is 18.4 Å². The molecule has 0 aliphatic carbocycles. The molecule has 0 saturated heterocycles. The van der Waals surface area contributed by atoms with Crippen LogP contribution in [0.5, 0.6) is 0 Å². The lowest BCUT2D eigenvalue weighted by molar-refractivity contribution is 0.0989. The summed E-state index contributed by atoms with van der Waals surface area (Å²) in [6, 6.07) is 11.1. The molecule has 0 bridgehead atoms. The molecule has 0 radical (unpaired) electrons. The Balaban J connectivity index is 1.60. The standard InChI is InChI=1S/C20H14F3N3O/c21-15-5-6-16(19(23)18(15)22)25-14-9-13(10-24-11-14)20(27)26-8-7-12-3-1-2-4-17(12)26/h1-6,9-11,25H,7-8H2. The third kappa shape index (κ3) is 3.12. The maximum absolute atomic E-state index is 13.8. The highest BCUT2D eigenvalue weighted by Crippen LogP contribution is 2.29. The molecule has 1 amide bonds. The van der Waals surface area contributed by atoms with Gasteiger partial charge in [-0.2, -0.15) is 0 Å². The molecule has 0 saturated carbocycles. The Kier molecular flexibility index (Phi) is 4.27. The fraction of sp³-hybridized carbons (Fsp3) is 0.100. The SMILES string of the molecule is O=C(c1cncc(Nc2ccc(F)c(F)c2F)c1)N1CCc2ccccc21. The van der Waals surface area contributed by atoms with E-state index >= 15 is 0 Å². The van der Waals surface area contributed by atoms with Gasteiger partial charge in [0.15, 0.2) is 17.5 Å². The van der Waals surface area contributed by atoms with E-state index in [4.69, 9.17) is 0 Å². The van der Waals surface area contributed by atoms with E-state index in [1.165, 1.54) is 18.5 Å². The van der Waals surface area contributed by atoms with Crippen molar-refractivity contribution in [3.05, 3.63) is 83.4 Å². The van der Waals surface area contributed by atoms with Crippen molar-refractivity contribution in [2.45, 2.75) is 6.42 Å². The van der Waals surface area contributed by atoms with Gasteiger partial charge in [0.1, 0.15) is 0 Å². The number of para-hydroxylation sites is 1. The van der Waals surface area contributed by atoms with Crippen molar-refractivity contribution in [3.63, 3.8) is 0 Å². The van der Waals surface area contributed by atoms with Gasteiger partial charge in [-0.3, -0.25) is 9.78 Å². The van der Waals surface area contributed by atoms with Crippen molar-refractivity contribution in [2.75, 3.05) is 16.8 Å². The number of halogens is 3.